The van der Waals surface area contributed by atoms with E-state index in [1.807, 2.05) is 31.2 Å². The number of benzene rings is 2. The molecule has 1 heterocycles. The number of aryl methyl sites for hydroxylation is 1. The number of carbonyl (C=O) groups is 1. The van der Waals surface area contributed by atoms with Crippen LogP contribution in [0.1, 0.15) is 24.8 Å². The van der Waals surface area contributed by atoms with E-state index in [2.05, 4.69) is 5.32 Å². The van der Waals surface area contributed by atoms with Gasteiger partial charge in [0.25, 0.3) is 0 Å². The second kappa shape index (κ2) is 7.79. The first kappa shape index (κ1) is 17.0. The van der Waals surface area contributed by atoms with Gasteiger partial charge in [0, 0.05) is 18.6 Å². The van der Waals surface area contributed by atoms with E-state index in [0.29, 0.717) is 35.9 Å². The minimum absolute atomic E-state index is 0.0823. The van der Waals surface area contributed by atoms with Gasteiger partial charge in [0.15, 0.2) is 11.5 Å². The molecule has 1 amide bonds. The summed E-state index contributed by atoms with van der Waals surface area (Å²) in [6.45, 7) is 2.79. The van der Waals surface area contributed by atoms with Crippen molar-refractivity contribution in [3.8, 4) is 17.2 Å². The van der Waals surface area contributed by atoms with Crippen LogP contribution < -0.4 is 25.3 Å². The number of fused-ring (bicyclic) bond motifs is 1. The average molecular weight is 342 g/mol. The molecule has 2 aromatic carbocycles. The second-order valence-corrected chi connectivity index (χ2v) is 5.96. The molecular weight excluding hydrogens is 320 g/mol. The lowest BCUT2D eigenvalue weighted by Crippen LogP contribution is -2.13. The van der Waals surface area contributed by atoms with Crippen molar-refractivity contribution in [3.05, 3.63) is 42.0 Å². The topological polar surface area (TPSA) is 82.8 Å². The maximum absolute atomic E-state index is 12.1. The maximum atomic E-state index is 12.1. The summed E-state index contributed by atoms with van der Waals surface area (Å²) in [5.41, 5.74) is 8.09. The van der Waals surface area contributed by atoms with Crippen molar-refractivity contribution in [2.75, 3.05) is 24.5 Å². The fraction of sp³-hybridized carbons (Fsp3) is 0.316. The lowest BCUT2D eigenvalue weighted by atomic mass is 10.2. The van der Waals surface area contributed by atoms with Crippen molar-refractivity contribution in [1.29, 1.82) is 0 Å². The molecule has 25 heavy (non-hydrogen) atoms. The number of rotatable bonds is 7. The molecule has 0 fully saturated rings. The van der Waals surface area contributed by atoms with Gasteiger partial charge in [-0.2, -0.15) is 0 Å². The summed E-state index contributed by atoms with van der Waals surface area (Å²) >= 11 is 0. The van der Waals surface area contributed by atoms with Gasteiger partial charge >= 0.3 is 0 Å². The highest BCUT2D eigenvalue weighted by molar-refractivity contribution is 5.94. The van der Waals surface area contributed by atoms with Crippen molar-refractivity contribution in [3.63, 3.8) is 0 Å². The van der Waals surface area contributed by atoms with Gasteiger partial charge in [-0.05, 0) is 37.5 Å². The number of anilines is 2. The third-order valence-electron chi connectivity index (χ3n) is 3.88. The Morgan fingerprint density at radius 1 is 1.20 bits per heavy atom. The summed E-state index contributed by atoms with van der Waals surface area (Å²) in [6, 6.07) is 11.3. The molecule has 0 spiro atoms. The van der Waals surface area contributed by atoms with E-state index in [1.54, 1.807) is 12.1 Å². The van der Waals surface area contributed by atoms with Crippen LogP contribution in [0.15, 0.2) is 36.4 Å². The normalized spacial score (nSPS) is 12.0. The third kappa shape index (κ3) is 4.56. The molecule has 1 aliphatic rings. The Morgan fingerprint density at radius 3 is 2.80 bits per heavy atom. The predicted octanol–water partition coefficient (Wildman–Crippen LogP) is 3.49. The molecule has 0 atom stereocenters. The highest BCUT2D eigenvalue weighted by Gasteiger charge is 2.17. The number of unbranched alkanes of at least 4 members (excludes halogenated alkanes) is 1. The second-order valence-electron chi connectivity index (χ2n) is 5.96. The summed E-state index contributed by atoms with van der Waals surface area (Å²) < 4.78 is 16.2. The molecule has 0 saturated carbocycles. The van der Waals surface area contributed by atoms with E-state index >= 15 is 0 Å². The molecular formula is C19H22N2O4. The van der Waals surface area contributed by atoms with E-state index in [0.717, 1.165) is 24.2 Å². The zero-order valence-corrected chi connectivity index (χ0v) is 14.2. The van der Waals surface area contributed by atoms with Crippen molar-refractivity contribution in [1.82, 2.24) is 0 Å². The number of hydrogen-bond donors (Lipinski definition) is 2. The van der Waals surface area contributed by atoms with Crippen LogP contribution in [-0.4, -0.2) is 19.3 Å². The Labute approximate surface area is 146 Å². The summed E-state index contributed by atoms with van der Waals surface area (Å²) in [7, 11) is 0. The number of nitrogens with one attached hydrogen (secondary N) is 1. The molecule has 6 heteroatoms. The number of nitrogens with two attached hydrogens (primary N) is 1. The smallest absolute Gasteiger partial charge is 0.231 e. The van der Waals surface area contributed by atoms with E-state index < -0.39 is 0 Å². The first-order valence-corrected chi connectivity index (χ1v) is 8.30. The Balaban J connectivity index is 1.40. The molecule has 0 aromatic heterocycles. The van der Waals surface area contributed by atoms with Crippen molar-refractivity contribution >= 4 is 17.3 Å². The van der Waals surface area contributed by atoms with Crippen molar-refractivity contribution < 1.29 is 19.0 Å². The molecule has 2 aromatic rings. The van der Waals surface area contributed by atoms with Gasteiger partial charge in [0.2, 0.25) is 12.7 Å². The summed E-state index contributed by atoms with van der Waals surface area (Å²) in [5.74, 6) is 1.97. The molecule has 0 bridgehead atoms. The molecule has 132 valence electrons. The van der Waals surface area contributed by atoms with Gasteiger partial charge in [0.1, 0.15) is 5.75 Å². The van der Waals surface area contributed by atoms with E-state index in [1.165, 1.54) is 0 Å². The highest BCUT2D eigenvalue weighted by atomic mass is 16.7. The zero-order chi connectivity index (χ0) is 17.6. The molecule has 3 rings (SSSR count). The third-order valence-corrected chi connectivity index (χ3v) is 3.88. The molecule has 0 aliphatic carbocycles. The minimum Gasteiger partial charge on any atom is -0.494 e. The number of hydrogen-bond acceptors (Lipinski definition) is 5. The average Bonchev–Trinajstić information content (AvgIpc) is 3.02. The van der Waals surface area contributed by atoms with Gasteiger partial charge in [-0.15, -0.1) is 0 Å². The summed E-state index contributed by atoms with van der Waals surface area (Å²) in [5, 5.41) is 2.82. The van der Waals surface area contributed by atoms with Crippen LogP contribution in [0.4, 0.5) is 11.4 Å². The SMILES string of the molecule is Cc1cccc(OCCCCC(=O)Nc2cc3c(cc2N)OCO3)c1. The van der Waals surface area contributed by atoms with Crippen LogP contribution in [0.5, 0.6) is 17.2 Å². The van der Waals surface area contributed by atoms with Gasteiger partial charge in [-0.25, -0.2) is 0 Å². The van der Waals surface area contributed by atoms with E-state index in [4.69, 9.17) is 19.9 Å². The van der Waals surface area contributed by atoms with E-state index in [-0.39, 0.29) is 12.7 Å². The lowest BCUT2D eigenvalue weighted by molar-refractivity contribution is -0.116. The molecule has 0 radical (unpaired) electrons. The maximum Gasteiger partial charge on any atom is 0.231 e. The summed E-state index contributed by atoms with van der Waals surface area (Å²) in [4.78, 5) is 12.1. The van der Waals surface area contributed by atoms with Gasteiger partial charge in [-0.1, -0.05) is 12.1 Å². The molecule has 0 saturated heterocycles. The van der Waals surface area contributed by atoms with Crippen LogP contribution in [0, 0.1) is 6.92 Å². The van der Waals surface area contributed by atoms with Crippen molar-refractivity contribution in [2.24, 2.45) is 0 Å². The van der Waals surface area contributed by atoms with Crippen LogP contribution in [0.3, 0.4) is 0 Å². The lowest BCUT2D eigenvalue weighted by Gasteiger charge is -2.10. The predicted molar refractivity (Wildman–Crippen MR) is 96.1 cm³/mol. The molecule has 0 unspecified atom stereocenters. The fourth-order valence-corrected chi connectivity index (χ4v) is 2.56. The van der Waals surface area contributed by atoms with Crippen molar-refractivity contribution in [2.45, 2.75) is 26.2 Å². The van der Waals surface area contributed by atoms with Crippen LogP contribution in [0.25, 0.3) is 0 Å². The van der Waals surface area contributed by atoms with Crippen LogP contribution >= 0.6 is 0 Å². The molecule has 1 aliphatic heterocycles. The Kier molecular flexibility index (Phi) is 5.28. The number of nitrogen functional groups attached to an aromatic ring is 1. The fourth-order valence-electron chi connectivity index (χ4n) is 2.56. The van der Waals surface area contributed by atoms with E-state index in [9.17, 15) is 4.79 Å². The first-order chi connectivity index (χ1) is 12.1. The minimum atomic E-state index is -0.0823. The Morgan fingerprint density at radius 2 is 2.00 bits per heavy atom. The summed E-state index contributed by atoms with van der Waals surface area (Å²) in [6.07, 6.45) is 1.95. The first-order valence-electron chi connectivity index (χ1n) is 8.30. The number of ether oxygens (including phenoxy) is 3. The molecule has 6 nitrogen and oxygen atoms in total. The monoisotopic (exact) mass is 342 g/mol. The highest BCUT2D eigenvalue weighted by Crippen LogP contribution is 2.38. The van der Waals surface area contributed by atoms with Gasteiger partial charge in [0.05, 0.1) is 18.0 Å². The largest absolute Gasteiger partial charge is 0.494 e. The van der Waals surface area contributed by atoms with Crippen LogP contribution in [0.2, 0.25) is 0 Å². The number of amides is 1. The number of carbonyl (C=O) groups excluding carboxylic acids is 1. The zero-order valence-electron chi connectivity index (χ0n) is 14.2. The van der Waals surface area contributed by atoms with Gasteiger partial charge < -0.3 is 25.3 Å². The van der Waals surface area contributed by atoms with Crippen LogP contribution in [-0.2, 0) is 4.79 Å². The Hall–Kier alpha value is -2.89. The standard InChI is InChI=1S/C19H22N2O4/c1-13-5-4-6-14(9-13)23-8-3-2-7-19(22)21-16-11-18-17(10-15(16)20)24-12-25-18/h4-6,9-11H,2-3,7-8,12,20H2,1H3,(H,21,22). The Bertz CT molecular complexity index is 761. The quantitative estimate of drug-likeness (QED) is 0.594. The van der Waals surface area contributed by atoms with Gasteiger partial charge in [-0.3, -0.25) is 4.79 Å². The molecule has 3 N–H and O–H groups in total.